The molecule has 0 N–H and O–H groups in total. The van der Waals surface area contributed by atoms with E-state index in [2.05, 4.69) is 10.1 Å². The summed E-state index contributed by atoms with van der Waals surface area (Å²) in [7, 11) is 0. The number of hydrogen-bond acceptors (Lipinski definition) is 5. The minimum absolute atomic E-state index is 0.00926. The molecule has 3 heterocycles. The van der Waals surface area contributed by atoms with Crippen LogP contribution in [-0.4, -0.2) is 44.4 Å². The fourth-order valence-corrected chi connectivity index (χ4v) is 4.11. The normalized spacial score (nSPS) is 15.7. The third kappa shape index (κ3) is 3.56. The number of aryl methyl sites for hydroxylation is 2. The molecule has 0 spiro atoms. The molecular weight excluding hydrogens is 324 g/mol. The Labute approximate surface area is 145 Å². The van der Waals surface area contributed by atoms with E-state index in [1.165, 1.54) is 0 Å². The Hall–Kier alpha value is -2.02. The predicted molar refractivity (Wildman–Crippen MR) is 92.4 cm³/mol. The molecule has 2 aromatic heterocycles. The molecular formula is C17H22N4O2S. The molecule has 1 saturated heterocycles. The molecule has 24 heavy (non-hydrogen) atoms. The van der Waals surface area contributed by atoms with Crippen LogP contribution >= 0.6 is 11.3 Å². The van der Waals surface area contributed by atoms with Crippen molar-refractivity contribution in [2.24, 2.45) is 0 Å². The number of carbonyl (C=O) groups excluding carboxylic acids is 2. The fourth-order valence-electron chi connectivity index (χ4n) is 3.08. The van der Waals surface area contributed by atoms with Gasteiger partial charge in [-0.05, 0) is 32.8 Å². The van der Waals surface area contributed by atoms with Crippen LogP contribution in [0.3, 0.4) is 0 Å². The van der Waals surface area contributed by atoms with Crippen molar-refractivity contribution in [2.45, 2.75) is 46.1 Å². The van der Waals surface area contributed by atoms with Crippen LogP contribution in [0.2, 0.25) is 0 Å². The zero-order chi connectivity index (χ0) is 17.3. The topological polar surface area (TPSA) is 68.1 Å². The van der Waals surface area contributed by atoms with Gasteiger partial charge in [0.25, 0.3) is 0 Å². The summed E-state index contributed by atoms with van der Waals surface area (Å²) in [4.78, 5) is 30.2. The molecule has 1 amide bonds. The lowest BCUT2D eigenvalue weighted by Crippen LogP contribution is -2.40. The number of Topliss-reactive ketones (excluding diaryl/α,β-unsaturated/α-hetero) is 1. The number of thiazole rings is 1. The molecule has 128 valence electrons. The molecule has 3 rings (SSSR count). The van der Waals surface area contributed by atoms with E-state index >= 15 is 0 Å². The molecule has 2 aromatic rings. The number of ketones is 1. The Kier molecular flexibility index (Phi) is 4.80. The second-order valence-electron chi connectivity index (χ2n) is 6.37. The smallest absolute Gasteiger partial charge is 0.244 e. The van der Waals surface area contributed by atoms with Crippen LogP contribution in [0, 0.1) is 13.8 Å². The monoisotopic (exact) mass is 346 g/mol. The number of rotatable bonds is 4. The van der Waals surface area contributed by atoms with Gasteiger partial charge in [-0.3, -0.25) is 14.3 Å². The van der Waals surface area contributed by atoms with Gasteiger partial charge in [0, 0.05) is 37.0 Å². The molecule has 0 radical (unpaired) electrons. The Balaban J connectivity index is 1.57. The van der Waals surface area contributed by atoms with E-state index < -0.39 is 0 Å². The first kappa shape index (κ1) is 16.8. The highest BCUT2D eigenvalue weighted by Crippen LogP contribution is 2.30. The van der Waals surface area contributed by atoms with Gasteiger partial charge < -0.3 is 4.90 Å². The van der Waals surface area contributed by atoms with Crippen molar-refractivity contribution in [3.05, 3.63) is 33.5 Å². The van der Waals surface area contributed by atoms with Crippen LogP contribution in [0.1, 0.15) is 52.6 Å². The van der Waals surface area contributed by atoms with E-state index in [1.807, 2.05) is 30.2 Å². The largest absolute Gasteiger partial charge is 0.341 e. The summed E-state index contributed by atoms with van der Waals surface area (Å²) in [5, 5.41) is 7.21. The van der Waals surface area contributed by atoms with Crippen molar-refractivity contribution >= 4 is 23.0 Å². The maximum atomic E-state index is 12.5. The first-order valence-electron chi connectivity index (χ1n) is 8.19. The van der Waals surface area contributed by atoms with Crippen LogP contribution < -0.4 is 0 Å². The lowest BCUT2D eigenvalue weighted by molar-refractivity contribution is -0.133. The third-order valence-electron chi connectivity index (χ3n) is 4.47. The highest BCUT2D eigenvalue weighted by atomic mass is 32.1. The van der Waals surface area contributed by atoms with E-state index in [0.29, 0.717) is 18.2 Å². The Morgan fingerprint density at radius 1 is 1.29 bits per heavy atom. The highest BCUT2D eigenvalue weighted by molar-refractivity contribution is 7.09. The quantitative estimate of drug-likeness (QED) is 0.798. The standard InChI is InChI=1S/C17H22N4O2S/c1-11-8-12(2)21(19-11)9-16(23)20-6-4-14(5-7-20)17-18-15(10-24-17)13(3)22/h8,10,14H,4-7,9H2,1-3H3. The molecule has 0 atom stereocenters. The first-order valence-corrected chi connectivity index (χ1v) is 9.07. The third-order valence-corrected chi connectivity index (χ3v) is 5.48. The van der Waals surface area contributed by atoms with Crippen LogP contribution in [0.4, 0.5) is 0 Å². The molecule has 7 heteroatoms. The van der Waals surface area contributed by atoms with Gasteiger partial charge in [-0.1, -0.05) is 0 Å². The van der Waals surface area contributed by atoms with Crippen LogP contribution in [0.25, 0.3) is 0 Å². The van der Waals surface area contributed by atoms with Crippen LogP contribution in [0.5, 0.6) is 0 Å². The van der Waals surface area contributed by atoms with E-state index in [4.69, 9.17) is 0 Å². The van der Waals surface area contributed by atoms with Gasteiger partial charge in [0.1, 0.15) is 12.2 Å². The van der Waals surface area contributed by atoms with Gasteiger partial charge in [-0.2, -0.15) is 5.10 Å². The van der Waals surface area contributed by atoms with Gasteiger partial charge in [-0.15, -0.1) is 11.3 Å². The zero-order valence-corrected chi connectivity index (χ0v) is 15.1. The molecule has 0 aromatic carbocycles. The summed E-state index contributed by atoms with van der Waals surface area (Å²) in [5.41, 5.74) is 2.50. The number of hydrogen-bond donors (Lipinski definition) is 0. The van der Waals surface area contributed by atoms with Gasteiger partial charge in [0.15, 0.2) is 5.78 Å². The molecule has 1 aliphatic heterocycles. The van der Waals surface area contributed by atoms with Gasteiger partial charge >= 0.3 is 0 Å². The average Bonchev–Trinajstić information content (AvgIpc) is 3.15. The summed E-state index contributed by atoms with van der Waals surface area (Å²) in [6.45, 7) is 7.21. The van der Waals surface area contributed by atoms with Crippen LogP contribution in [-0.2, 0) is 11.3 Å². The van der Waals surface area contributed by atoms with Crippen molar-refractivity contribution in [1.29, 1.82) is 0 Å². The van der Waals surface area contributed by atoms with Crippen molar-refractivity contribution in [3.8, 4) is 0 Å². The number of amides is 1. The first-order chi connectivity index (χ1) is 11.4. The van der Waals surface area contributed by atoms with Gasteiger partial charge in [0.2, 0.25) is 5.91 Å². The molecule has 0 bridgehead atoms. The van der Waals surface area contributed by atoms with Gasteiger partial charge in [-0.25, -0.2) is 4.98 Å². The summed E-state index contributed by atoms with van der Waals surface area (Å²) in [6.07, 6.45) is 1.79. The minimum Gasteiger partial charge on any atom is -0.341 e. The van der Waals surface area contributed by atoms with E-state index in [0.717, 1.165) is 42.3 Å². The molecule has 0 saturated carbocycles. The molecule has 0 unspecified atom stereocenters. The van der Waals surface area contributed by atoms with Crippen LogP contribution in [0.15, 0.2) is 11.4 Å². The SMILES string of the molecule is CC(=O)c1csc(C2CCN(C(=O)Cn3nc(C)cc3C)CC2)n1. The molecule has 1 fully saturated rings. The second kappa shape index (κ2) is 6.84. The number of carbonyl (C=O) groups is 2. The van der Waals surface area contributed by atoms with Crippen molar-refractivity contribution in [2.75, 3.05) is 13.1 Å². The van der Waals surface area contributed by atoms with Crippen molar-refractivity contribution in [1.82, 2.24) is 19.7 Å². The van der Waals surface area contributed by atoms with Gasteiger partial charge in [0.05, 0.1) is 10.7 Å². The lowest BCUT2D eigenvalue weighted by Gasteiger charge is -2.31. The maximum Gasteiger partial charge on any atom is 0.244 e. The van der Waals surface area contributed by atoms with E-state index in [1.54, 1.807) is 22.9 Å². The average molecular weight is 346 g/mol. The number of piperidine rings is 1. The highest BCUT2D eigenvalue weighted by Gasteiger charge is 2.26. The number of nitrogens with zero attached hydrogens (tertiary/aromatic N) is 4. The maximum absolute atomic E-state index is 12.5. The minimum atomic E-state index is 0.00926. The van der Waals surface area contributed by atoms with E-state index in [-0.39, 0.29) is 11.7 Å². The summed E-state index contributed by atoms with van der Waals surface area (Å²) in [6, 6.07) is 1.98. The number of aromatic nitrogens is 3. The lowest BCUT2D eigenvalue weighted by atomic mass is 9.97. The molecule has 1 aliphatic rings. The summed E-state index contributed by atoms with van der Waals surface area (Å²) >= 11 is 1.55. The van der Waals surface area contributed by atoms with Crippen molar-refractivity contribution < 1.29 is 9.59 Å². The molecule has 0 aliphatic carbocycles. The predicted octanol–water partition coefficient (Wildman–Crippen LogP) is 2.57. The van der Waals surface area contributed by atoms with Crippen molar-refractivity contribution in [3.63, 3.8) is 0 Å². The van der Waals surface area contributed by atoms with E-state index in [9.17, 15) is 9.59 Å². The molecule has 6 nitrogen and oxygen atoms in total. The number of likely N-dealkylation sites (tertiary alicyclic amines) is 1. The Bertz CT molecular complexity index is 756. The summed E-state index contributed by atoms with van der Waals surface area (Å²) in [5.74, 6) is 0.471. The second-order valence-corrected chi connectivity index (χ2v) is 7.26. The fraction of sp³-hybridized carbons (Fsp3) is 0.529. The Morgan fingerprint density at radius 2 is 2.00 bits per heavy atom. The Morgan fingerprint density at radius 3 is 2.54 bits per heavy atom. The summed E-state index contributed by atoms with van der Waals surface area (Å²) < 4.78 is 1.77. The zero-order valence-electron chi connectivity index (χ0n) is 14.3.